The van der Waals surface area contributed by atoms with E-state index in [0.717, 1.165) is 32.4 Å². The summed E-state index contributed by atoms with van der Waals surface area (Å²) in [5.41, 5.74) is 1.75. The van der Waals surface area contributed by atoms with Crippen LogP contribution < -0.4 is 4.73 Å². The van der Waals surface area contributed by atoms with E-state index in [9.17, 15) is 10.0 Å². The average molecular weight is 296 g/mol. The first kappa shape index (κ1) is 14.6. The second-order valence-corrected chi connectivity index (χ2v) is 5.81. The fourth-order valence-electron chi connectivity index (χ4n) is 3.09. The van der Waals surface area contributed by atoms with Gasteiger partial charge in [-0.15, -0.1) is 0 Å². The smallest absolute Gasteiger partial charge is 0.259 e. The number of hydrogen-bond acceptors (Lipinski definition) is 2. The molecular weight excluding hydrogens is 276 g/mol. The van der Waals surface area contributed by atoms with Crippen molar-refractivity contribution in [2.24, 2.45) is 0 Å². The van der Waals surface area contributed by atoms with Gasteiger partial charge in [0, 0.05) is 25.1 Å². The van der Waals surface area contributed by atoms with Crippen molar-refractivity contribution in [1.29, 1.82) is 0 Å². The number of nitrogens with zero attached hydrogens (tertiary/aromatic N) is 2. The Morgan fingerprint density at radius 3 is 2.73 bits per heavy atom. The number of likely N-dealkylation sites (tertiary alicyclic amines) is 1. The second-order valence-electron chi connectivity index (χ2n) is 5.81. The van der Waals surface area contributed by atoms with Crippen molar-refractivity contribution in [2.75, 3.05) is 13.1 Å². The number of carbonyl (C=O) groups is 1. The minimum atomic E-state index is -0.0481. The molecule has 1 saturated heterocycles. The van der Waals surface area contributed by atoms with Gasteiger partial charge in [-0.2, -0.15) is 4.73 Å². The van der Waals surface area contributed by atoms with E-state index in [-0.39, 0.29) is 5.91 Å². The third-order valence-electron chi connectivity index (χ3n) is 4.25. The molecule has 1 fully saturated rings. The summed E-state index contributed by atoms with van der Waals surface area (Å²) in [5.74, 6) is 0.323. The Labute approximate surface area is 130 Å². The summed E-state index contributed by atoms with van der Waals surface area (Å²) >= 11 is 0. The fraction of sp³-hybridized carbons (Fsp3) is 0.333. The normalized spacial score (nSPS) is 18.7. The Bertz CT molecular complexity index is 643. The minimum absolute atomic E-state index is 0.0481. The van der Waals surface area contributed by atoms with Crippen LogP contribution in [0.3, 0.4) is 0 Å². The summed E-state index contributed by atoms with van der Waals surface area (Å²) < 4.78 is 0.680. The molecule has 1 aliphatic rings. The van der Waals surface area contributed by atoms with Gasteiger partial charge in [0.1, 0.15) is 5.56 Å². The Balaban J connectivity index is 1.79. The summed E-state index contributed by atoms with van der Waals surface area (Å²) in [4.78, 5) is 14.5. The molecule has 2 aromatic rings. The minimum Gasteiger partial charge on any atom is -0.619 e. The van der Waals surface area contributed by atoms with Gasteiger partial charge >= 0.3 is 0 Å². The zero-order valence-electron chi connectivity index (χ0n) is 12.5. The first-order valence-corrected chi connectivity index (χ1v) is 7.77. The molecule has 0 radical (unpaired) electrons. The van der Waals surface area contributed by atoms with E-state index >= 15 is 0 Å². The lowest BCUT2D eigenvalue weighted by atomic mass is 9.94. The predicted molar refractivity (Wildman–Crippen MR) is 84.3 cm³/mol. The van der Waals surface area contributed by atoms with Crippen LogP contribution >= 0.6 is 0 Å². The molecule has 1 atom stereocenters. The number of pyridine rings is 1. The quantitative estimate of drug-likeness (QED) is 0.632. The monoisotopic (exact) mass is 296 g/mol. The summed E-state index contributed by atoms with van der Waals surface area (Å²) in [6.45, 7) is 1.48. The van der Waals surface area contributed by atoms with Crippen molar-refractivity contribution in [3.63, 3.8) is 0 Å². The van der Waals surface area contributed by atoms with E-state index < -0.39 is 0 Å². The molecule has 0 saturated carbocycles. The van der Waals surface area contributed by atoms with Crippen LogP contribution in [-0.2, 0) is 0 Å². The summed E-state index contributed by atoms with van der Waals surface area (Å²) in [7, 11) is 0. The summed E-state index contributed by atoms with van der Waals surface area (Å²) in [6, 6.07) is 13.7. The van der Waals surface area contributed by atoms with Crippen LogP contribution in [0.15, 0.2) is 54.9 Å². The Morgan fingerprint density at radius 2 is 1.95 bits per heavy atom. The third kappa shape index (κ3) is 3.27. The van der Waals surface area contributed by atoms with Gasteiger partial charge in [-0.25, -0.2) is 0 Å². The first-order chi connectivity index (χ1) is 10.7. The lowest BCUT2D eigenvalue weighted by molar-refractivity contribution is -0.605. The Morgan fingerprint density at radius 1 is 1.14 bits per heavy atom. The molecule has 1 aromatic heterocycles. The maximum atomic E-state index is 12.7. The highest BCUT2D eigenvalue weighted by Gasteiger charge is 2.24. The molecule has 0 aliphatic carbocycles. The lowest BCUT2D eigenvalue weighted by Gasteiger charge is -2.24. The van der Waals surface area contributed by atoms with Gasteiger partial charge in [0.2, 0.25) is 0 Å². The highest BCUT2D eigenvalue weighted by atomic mass is 16.5. The Hall–Kier alpha value is -2.36. The molecule has 3 rings (SSSR count). The van der Waals surface area contributed by atoms with Crippen molar-refractivity contribution in [2.45, 2.75) is 25.2 Å². The van der Waals surface area contributed by atoms with Crippen LogP contribution in [0.5, 0.6) is 0 Å². The standard InChI is InChI=1S/C18H20N2O2/c21-18(17-10-6-12-20(22)14-17)19-11-5-4-9-16(13-19)15-7-2-1-3-8-15/h1-3,6-8,10,12,14,16H,4-5,9,11,13H2. The predicted octanol–water partition coefficient (Wildman–Crippen LogP) is 2.73. The van der Waals surface area contributed by atoms with E-state index in [0.29, 0.717) is 16.2 Å². The lowest BCUT2D eigenvalue weighted by Crippen LogP contribution is -2.36. The van der Waals surface area contributed by atoms with Crippen molar-refractivity contribution in [3.8, 4) is 0 Å². The molecule has 22 heavy (non-hydrogen) atoms. The van der Waals surface area contributed by atoms with Gasteiger partial charge in [0.15, 0.2) is 12.4 Å². The molecular formula is C18H20N2O2. The largest absolute Gasteiger partial charge is 0.619 e. The molecule has 1 unspecified atom stereocenters. The molecule has 114 valence electrons. The zero-order valence-corrected chi connectivity index (χ0v) is 12.5. The SMILES string of the molecule is O=C(c1ccc[n+]([O-])c1)N1CCCCC(c2ccccc2)C1. The van der Waals surface area contributed by atoms with Gasteiger partial charge in [-0.05, 0) is 24.5 Å². The van der Waals surface area contributed by atoms with Gasteiger partial charge in [0.05, 0.1) is 0 Å². The molecule has 1 amide bonds. The number of hydrogen-bond donors (Lipinski definition) is 0. The molecule has 0 bridgehead atoms. The maximum absolute atomic E-state index is 12.7. The first-order valence-electron chi connectivity index (χ1n) is 7.77. The van der Waals surface area contributed by atoms with Gasteiger partial charge in [-0.1, -0.05) is 36.8 Å². The van der Waals surface area contributed by atoms with E-state index in [1.165, 1.54) is 18.0 Å². The molecule has 0 spiro atoms. The highest BCUT2D eigenvalue weighted by Crippen LogP contribution is 2.27. The molecule has 4 nitrogen and oxygen atoms in total. The van der Waals surface area contributed by atoms with Crippen LogP contribution in [0.4, 0.5) is 0 Å². The van der Waals surface area contributed by atoms with Crippen LogP contribution in [0.2, 0.25) is 0 Å². The molecule has 1 aromatic carbocycles. The number of amides is 1. The van der Waals surface area contributed by atoms with E-state index in [1.54, 1.807) is 12.1 Å². The van der Waals surface area contributed by atoms with Crippen molar-refractivity contribution >= 4 is 5.91 Å². The third-order valence-corrected chi connectivity index (χ3v) is 4.25. The van der Waals surface area contributed by atoms with Crippen molar-refractivity contribution in [1.82, 2.24) is 4.90 Å². The second kappa shape index (κ2) is 6.60. The number of rotatable bonds is 2. The highest BCUT2D eigenvalue weighted by molar-refractivity contribution is 5.93. The average Bonchev–Trinajstić information content (AvgIpc) is 2.81. The van der Waals surface area contributed by atoms with Crippen molar-refractivity contribution in [3.05, 3.63) is 71.2 Å². The van der Waals surface area contributed by atoms with Gasteiger partial charge < -0.3 is 10.1 Å². The van der Waals surface area contributed by atoms with E-state index in [4.69, 9.17) is 0 Å². The Kier molecular flexibility index (Phi) is 4.37. The van der Waals surface area contributed by atoms with Crippen LogP contribution in [0.1, 0.15) is 41.1 Å². The van der Waals surface area contributed by atoms with E-state index in [1.807, 2.05) is 23.1 Å². The zero-order chi connectivity index (χ0) is 15.4. The molecule has 2 heterocycles. The molecule has 1 aliphatic heterocycles. The molecule has 0 N–H and O–H groups in total. The van der Waals surface area contributed by atoms with Gasteiger partial charge in [-0.3, -0.25) is 4.79 Å². The van der Waals surface area contributed by atoms with Gasteiger partial charge in [0.25, 0.3) is 5.91 Å². The van der Waals surface area contributed by atoms with Crippen LogP contribution in [-0.4, -0.2) is 23.9 Å². The maximum Gasteiger partial charge on any atom is 0.259 e. The summed E-state index contributed by atoms with van der Waals surface area (Å²) in [6.07, 6.45) is 5.99. The number of carbonyl (C=O) groups excluding carboxylic acids is 1. The number of benzene rings is 1. The van der Waals surface area contributed by atoms with E-state index in [2.05, 4.69) is 12.1 Å². The topological polar surface area (TPSA) is 47.2 Å². The van der Waals surface area contributed by atoms with Crippen LogP contribution in [0, 0.1) is 5.21 Å². The van der Waals surface area contributed by atoms with Crippen molar-refractivity contribution < 1.29 is 9.52 Å². The fourth-order valence-corrected chi connectivity index (χ4v) is 3.09. The number of aromatic nitrogens is 1. The summed E-state index contributed by atoms with van der Waals surface area (Å²) in [5, 5.41) is 11.4. The molecule has 4 heteroatoms. The van der Waals surface area contributed by atoms with Crippen LogP contribution in [0.25, 0.3) is 0 Å².